The molecule has 0 radical (unpaired) electrons. The first-order valence-corrected chi connectivity index (χ1v) is 6.11. The number of rotatable bonds is 5. The molecule has 1 aromatic rings. The predicted octanol–water partition coefficient (Wildman–Crippen LogP) is 1.46. The molecule has 9 heteroatoms. The third-order valence-electron chi connectivity index (χ3n) is 2.20. The molecule has 0 aromatic heterocycles. The molecule has 4 N–H and O–H groups in total. The highest BCUT2D eigenvalue weighted by Crippen LogP contribution is 2.47. The molecule has 5 nitrogen and oxygen atoms in total. The number of alkyl halides is 3. The summed E-state index contributed by atoms with van der Waals surface area (Å²) in [5, 5.41) is 18.2. The number of halogens is 3. The fourth-order valence-corrected chi connectivity index (χ4v) is 2.27. The van der Waals surface area contributed by atoms with Crippen molar-refractivity contribution in [2.24, 2.45) is 5.73 Å². The number of methoxy groups -OCH3 is 2. The summed E-state index contributed by atoms with van der Waals surface area (Å²) in [5.74, 6) is -2.66. The summed E-state index contributed by atoms with van der Waals surface area (Å²) < 4.78 is 47.3. The number of benzene rings is 1. The smallest absolute Gasteiger partial charge is 0.446 e. The van der Waals surface area contributed by atoms with Gasteiger partial charge in [-0.3, -0.25) is 5.73 Å². The summed E-state index contributed by atoms with van der Waals surface area (Å²) in [6.07, 6.45) is -0.392. The fraction of sp³-hybridized carbons (Fsp3) is 0.455. The quantitative estimate of drug-likeness (QED) is 0.564. The molecule has 0 aliphatic heterocycles. The first kappa shape index (κ1) is 16.9. The summed E-state index contributed by atoms with van der Waals surface area (Å²) in [7, 11) is 2.40. The molecule has 0 bridgehead atoms. The molecule has 0 unspecified atom stereocenters. The Morgan fingerprint density at radius 2 is 1.60 bits per heavy atom. The molecular formula is C11H14F3NO4S. The molecule has 0 aliphatic carbocycles. The van der Waals surface area contributed by atoms with E-state index in [4.69, 9.17) is 25.4 Å². The summed E-state index contributed by atoms with van der Waals surface area (Å²) in [4.78, 5) is -0.246. The molecule has 0 spiro atoms. The summed E-state index contributed by atoms with van der Waals surface area (Å²) in [6.45, 7) is 0. The van der Waals surface area contributed by atoms with E-state index >= 15 is 0 Å². The maximum Gasteiger partial charge on any atom is 0.446 e. The summed E-state index contributed by atoms with van der Waals surface area (Å²) in [6, 6.07) is 2.48. The SMILES string of the molecule is COc1cc(CC(N)(O)O)cc(OC)c1SC(F)(F)F. The van der Waals surface area contributed by atoms with E-state index in [0.29, 0.717) is 0 Å². The number of ether oxygens (including phenoxy) is 2. The zero-order chi connectivity index (χ0) is 15.6. The molecule has 114 valence electrons. The van der Waals surface area contributed by atoms with Gasteiger partial charge in [0, 0.05) is 6.42 Å². The van der Waals surface area contributed by atoms with Gasteiger partial charge < -0.3 is 19.7 Å². The Morgan fingerprint density at radius 3 is 1.90 bits per heavy atom. The van der Waals surface area contributed by atoms with Gasteiger partial charge in [-0.15, -0.1) is 0 Å². The molecule has 1 rings (SSSR count). The Hall–Kier alpha value is -1.16. The van der Waals surface area contributed by atoms with Crippen LogP contribution >= 0.6 is 11.8 Å². The standard InChI is InChI=1S/C11H14F3NO4S/c1-18-7-3-6(5-10(15,16)17)4-8(19-2)9(7)20-11(12,13)14/h3-4,16-17H,5,15H2,1-2H3. The molecule has 0 aliphatic rings. The van der Waals surface area contributed by atoms with Crippen LogP contribution in [0.4, 0.5) is 13.2 Å². The lowest BCUT2D eigenvalue weighted by molar-refractivity contribution is -0.153. The lowest BCUT2D eigenvalue weighted by Crippen LogP contribution is -2.41. The van der Waals surface area contributed by atoms with E-state index in [-0.39, 0.29) is 33.7 Å². The normalized spacial score (nSPS) is 12.4. The molecule has 0 atom stereocenters. The second-order valence-electron chi connectivity index (χ2n) is 3.93. The molecule has 20 heavy (non-hydrogen) atoms. The maximum absolute atomic E-state index is 12.5. The molecule has 0 amide bonds. The van der Waals surface area contributed by atoms with Crippen LogP contribution in [0.25, 0.3) is 0 Å². The van der Waals surface area contributed by atoms with E-state index in [2.05, 4.69) is 0 Å². The lowest BCUT2D eigenvalue weighted by atomic mass is 10.1. The van der Waals surface area contributed by atoms with E-state index in [9.17, 15) is 13.2 Å². The Balaban J connectivity index is 3.25. The Kier molecular flexibility index (Phi) is 5.14. The molecular weight excluding hydrogens is 299 g/mol. The van der Waals surface area contributed by atoms with E-state index in [0.717, 1.165) is 0 Å². The number of nitrogens with two attached hydrogens (primary N) is 1. The van der Waals surface area contributed by atoms with Crippen LogP contribution in [0.5, 0.6) is 11.5 Å². The van der Waals surface area contributed by atoms with Gasteiger partial charge in [0.2, 0.25) is 5.91 Å². The number of hydrogen-bond acceptors (Lipinski definition) is 6. The van der Waals surface area contributed by atoms with Crippen molar-refractivity contribution in [3.63, 3.8) is 0 Å². The monoisotopic (exact) mass is 313 g/mol. The highest BCUT2D eigenvalue weighted by molar-refractivity contribution is 8.00. The van der Waals surface area contributed by atoms with Crippen LogP contribution in [0.15, 0.2) is 17.0 Å². The van der Waals surface area contributed by atoms with E-state index in [1.54, 1.807) is 0 Å². The third kappa shape index (κ3) is 5.08. The van der Waals surface area contributed by atoms with Crippen LogP contribution in [0.1, 0.15) is 5.56 Å². The number of thioether (sulfide) groups is 1. The van der Waals surface area contributed by atoms with Gasteiger partial charge in [-0.05, 0) is 29.5 Å². The molecule has 0 heterocycles. The Bertz CT molecular complexity index is 449. The minimum Gasteiger partial charge on any atom is -0.495 e. The van der Waals surface area contributed by atoms with Crippen LogP contribution in [-0.2, 0) is 6.42 Å². The third-order valence-corrected chi connectivity index (χ3v) is 3.04. The second-order valence-corrected chi connectivity index (χ2v) is 5.01. The van der Waals surface area contributed by atoms with E-state index < -0.39 is 17.8 Å². The van der Waals surface area contributed by atoms with Crippen LogP contribution in [0, 0.1) is 0 Å². The van der Waals surface area contributed by atoms with Crippen molar-refractivity contribution >= 4 is 11.8 Å². The summed E-state index contributed by atoms with van der Waals surface area (Å²) in [5.41, 5.74) is 0.790. The minimum atomic E-state index is -4.51. The van der Waals surface area contributed by atoms with E-state index in [1.807, 2.05) is 0 Å². The summed E-state index contributed by atoms with van der Waals surface area (Å²) >= 11 is -0.376. The topological polar surface area (TPSA) is 84.9 Å². The molecule has 0 saturated carbocycles. The first-order chi connectivity index (χ1) is 9.05. The van der Waals surface area contributed by atoms with Crippen LogP contribution in [-0.4, -0.2) is 35.9 Å². The zero-order valence-electron chi connectivity index (χ0n) is 10.7. The van der Waals surface area contributed by atoms with Crippen molar-refractivity contribution in [3.8, 4) is 11.5 Å². The largest absolute Gasteiger partial charge is 0.495 e. The van der Waals surface area contributed by atoms with Crippen molar-refractivity contribution in [1.82, 2.24) is 0 Å². The average Bonchev–Trinajstić information content (AvgIpc) is 2.26. The van der Waals surface area contributed by atoms with Gasteiger partial charge in [0.15, 0.2) is 0 Å². The highest BCUT2D eigenvalue weighted by Gasteiger charge is 2.33. The van der Waals surface area contributed by atoms with Crippen LogP contribution in [0.3, 0.4) is 0 Å². The first-order valence-electron chi connectivity index (χ1n) is 5.30. The molecule has 1 aromatic carbocycles. The van der Waals surface area contributed by atoms with Gasteiger partial charge in [-0.25, -0.2) is 0 Å². The van der Waals surface area contributed by atoms with Crippen molar-refractivity contribution in [2.75, 3.05) is 14.2 Å². The maximum atomic E-state index is 12.5. The number of aliphatic hydroxyl groups is 2. The van der Waals surface area contributed by atoms with Crippen molar-refractivity contribution in [2.45, 2.75) is 22.7 Å². The van der Waals surface area contributed by atoms with Gasteiger partial charge in [0.05, 0.1) is 19.1 Å². The second kappa shape index (κ2) is 6.08. The van der Waals surface area contributed by atoms with Gasteiger partial charge in [0.25, 0.3) is 0 Å². The van der Waals surface area contributed by atoms with Crippen molar-refractivity contribution in [3.05, 3.63) is 17.7 Å². The van der Waals surface area contributed by atoms with Gasteiger partial charge in [0.1, 0.15) is 11.5 Å². The fourth-order valence-electron chi connectivity index (χ4n) is 1.55. The van der Waals surface area contributed by atoms with Crippen molar-refractivity contribution in [1.29, 1.82) is 0 Å². The molecule has 0 saturated heterocycles. The van der Waals surface area contributed by atoms with Gasteiger partial charge in [-0.2, -0.15) is 13.2 Å². The van der Waals surface area contributed by atoms with Crippen LogP contribution in [0.2, 0.25) is 0 Å². The van der Waals surface area contributed by atoms with Gasteiger partial charge >= 0.3 is 5.51 Å². The number of hydrogen-bond donors (Lipinski definition) is 3. The van der Waals surface area contributed by atoms with E-state index in [1.165, 1.54) is 26.4 Å². The average molecular weight is 313 g/mol. The predicted molar refractivity (Wildman–Crippen MR) is 66.5 cm³/mol. The Labute approximate surface area is 117 Å². The van der Waals surface area contributed by atoms with Gasteiger partial charge in [-0.1, -0.05) is 0 Å². The molecule has 0 fully saturated rings. The Morgan fingerprint density at radius 1 is 1.15 bits per heavy atom. The lowest BCUT2D eigenvalue weighted by Gasteiger charge is -2.19. The van der Waals surface area contributed by atoms with Crippen LogP contribution < -0.4 is 15.2 Å². The highest BCUT2D eigenvalue weighted by atomic mass is 32.2. The zero-order valence-corrected chi connectivity index (χ0v) is 11.5. The van der Waals surface area contributed by atoms with Crippen molar-refractivity contribution < 1.29 is 32.9 Å². The minimum absolute atomic E-state index is 0.0917.